The number of carboxylic acids is 1. The standard InChI is InChI=1S/C66H115NO8/c1-6-8-10-12-14-16-18-20-22-24-25-26-27-28-29-30-31-32-33-34-35-36-37-38-39-41-43-45-47-49-51-53-55-57-64(69)75-62(61-74-66(65(70)71)72-59-58-67(3,4)5)60-73-63(68)56-54-52-50-48-46-44-42-40-23-21-19-17-15-13-11-9-7-2/h8-11,14-17,20-23,25-26,62,66H,6-7,12-13,18-19,24,27-61H2,1-5H3/b10-8-,11-9-,16-14-,17-15-,22-20-,23-21-,26-25-. The number of quaternary nitrogens is 1. The van der Waals surface area contributed by atoms with E-state index in [4.69, 9.17) is 18.9 Å². The molecule has 0 rings (SSSR count). The number of esters is 2. The third-order valence-electron chi connectivity index (χ3n) is 13.1. The van der Waals surface area contributed by atoms with Crippen molar-refractivity contribution in [2.24, 2.45) is 0 Å². The molecule has 9 heteroatoms. The maximum Gasteiger partial charge on any atom is 0.306 e. The lowest BCUT2D eigenvalue weighted by Crippen LogP contribution is -2.44. The molecule has 75 heavy (non-hydrogen) atoms. The highest BCUT2D eigenvalue weighted by Gasteiger charge is 2.22. The summed E-state index contributed by atoms with van der Waals surface area (Å²) < 4.78 is 22.7. The number of likely N-dealkylation sites (N-methyl/N-ethyl adjacent to an activating group) is 1. The average Bonchev–Trinajstić information content (AvgIpc) is 3.38. The number of allylic oxidation sites excluding steroid dienone is 14. The second-order valence-corrected chi connectivity index (χ2v) is 21.6. The Labute approximate surface area is 461 Å². The highest BCUT2D eigenvalue weighted by Crippen LogP contribution is 2.17. The Hall–Kier alpha value is -3.53. The summed E-state index contributed by atoms with van der Waals surface area (Å²) in [7, 11) is 5.92. The first-order valence-corrected chi connectivity index (χ1v) is 30.7. The van der Waals surface area contributed by atoms with E-state index in [0.717, 1.165) is 89.9 Å². The van der Waals surface area contributed by atoms with Crippen LogP contribution in [0.4, 0.5) is 0 Å². The van der Waals surface area contributed by atoms with E-state index in [0.29, 0.717) is 17.4 Å². The van der Waals surface area contributed by atoms with Gasteiger partial charge in [-0.25, -0.2) is 0 Å². The molecule has 0 N–H and O–H groups in total. The molecule has 432 valence electrons. The number of hydrogen-bond acceptors (Lipinski definition) is 8. The number of rotatable bonds is 56. The van der Waals surface area contributed by atoms with Gasteiger partial charge in [-0.15, -0.1) is 0 Å². The number of carbonyl (C=O) groups excluding carboxylic acids is 3. The van der Waals surface area contributed by atoms with Crippen molar-refractivity contribution in [1.82, 2.24) is 0 Å². The van der Waals surface area contributed by atoms with Crippen LogP contribution in [0.1, 0.15) is 258 Å². The SMILES string of the molecule is CC/C=C\C/C=C\C/C=C\C/C=C\CCCCCCCCCCCCCCCCCCCCCCC(=O)OC(COC(=O)CCCCCCCCC/C=C\C/C=C\C/C=C\CC)COC(OCC[N+](C)(C)C)C(=O)[O-]. The average molecular weight is 1050 g/mol. The van der Waals surface area contributed by atoms with E-state index in [1.165, 1.54) is 135 Å². The first-order chi connectivity index (χ1) is 36.6. The zero-order chi connectivity index (χ0) is 54.8. The van der Waals surface area contributed by atoms with E-state index < -0.39 is 24.3 Å². The van der Waals surface area contributed by atoms with Crippen LogP contribution in [0.5, 0.6) is 0 Å². The van der Waals surface area contributed by atoms with Crippen molar-refractivity contribution in [1.29, 1.82) is 0 Å². The molecule has 0 saturated heterocycles. The molecular formula is C66H115NO8. The van der Waals surface area contributed by atoms with E-state index in [1.54, 1.807) is 0 Å². The zero-order valence-electron chi connectivity index (χ0n) is 49.1. The summed E-state index contributed by atoms with van der Waals surface area (Å²) in [4.78, 5) is 37.3. The summed E-state index contributed by atoms with van der Waals surface area (Å²) in [5.74, 6) is -2.29. The minimum absolute atomic E-state index is 0.144. The summed E-state index contributed by atoms with van der Waals surface area (Å²) in [5.41, 5.74) is 0. The monoisotopic (exact) mass is 1050 g/mol. The minimum Gasteiger partial charge on any atom is -0.545 e. The Bertz CT molecular complexity index is 1500. The number of ether oxygens (including phenoxy) is 4. The molecule has 0 bridgehead atoms. The van der Waals surface area contributed by atoms with Gasteiger partial charge in [-0.2, -0.15) is 0 Å². The Kier molecular flexibility index (Phi) is 54.0. The molecule has 2 unspecified atom stereocenters. The number of hydrogen-bond donors (Lipinski definition) is 0. The van der Waals surface area contributed by atoms with E-state index >= 15 is 0 Å². The first kappa shape index (κ1) is 71.5. The lowest BCUT2D eigenvalue weighted by molar-refractivity contribution is -0.870. The second kappa shape index (κ2) is 56.7. The number of nitrogens with zero attached hydrogens (tertiary/aromatic N) is 1. The molecule has 0 aromatic carbocycles. The van der Waals surface area contributed by atoms with Crippen molar-refractivity contribution >= 4 is 17.9 Å². The van der Waals surface area contributed by atoms with Gasteiger partial charge in [-0.1, -0.05) is 247 Å². The molecule has 0 saturated carbocycles. The van der Waals surface area contributed by atoms with Crippen LogP contribution in [-0.4, -0.2) is 82.3 Å². The quantitative estimate of drug-likeness (QED) is 0.0195. The molecule has 0 aliphatic rings. The van der Waals surface area contributed by atoms with Crippen molar-refractivity contribution in [3.63, 3.8) is 0 Å². The van der Waals surface area contributed by atoms with Crippen LogP contribution in [0.15, 0.2) is 85.1 Å². The van der Waals surface area contributed by atoms with Gasteiger partial charge in [0.25, 0.3) is 0 Å². The largest absolute Gasteiger partial charge is 0.545 e. The predicted octanol–water partition coefficient (Wildman–Crippen LogP) is 17.0. The molecule has 0 aliphatic carbocycles. The van der Waals surface area contributed by atoms with Gasteiger partial charge in [-0.05, 0) is 83.5 Å². The number of aliphatic carboxylic acids is 1. The molecule has 0 amide bonds. The maximum atomic E-state index is 12.9. The van der Waals surface area contributed by atoms with Gasteiger partial charge < -0.3 is 33.3 Å². The molecular weight excluding hydrogens is 935 g/mol. The fourth-order valence-corrected chi connectivity index (χ4v) is 8.48. The molecule has 0 heterocycles. The van der Waals surface area contributed by atoms with Crippen LogP contribution in [0.2, 0.25) is 0 Å². The number of carbonyl (C=O) groups is 3. The third-order valence-corrected chi connectivity index (χ3v) is 13.1. The molecule has 0 aromatic rings. The molecule has 0 aromatic heterocycles. The van der Waals surface area contributed by atoms with E-state index in [2.05, 4.69) is 98.9 Å². The molecule has 9 nitrogen and oxygen atoms in total. The Morgan fingerprint density at radius 1 is 0.400 bits per heavy atom. The summed E-state index contributed by atoms with van der Waals surface area (Å²) in [6.45, 7) is 4.53. The summed E-state index contributed by atoms with van der Waals surface area (Å²) in [5, 5.41) is 11.8. The molecule has 0 spiro atoms. The minimum atomic E-state index is -1.63. The van der Waals surface area contributed by atoms with Crippen LogP contribution >= 0.6 is 0 Å². The third kappa shape index (κ3) is 58.0. The van der Waals surface area contributed by atoms with Crippen LogP contribution in [-0.2, 0) is 33.3 Å². The number of unbranched alkanes of at least 4 members (excludes halogenated alkanes) is 27. The molecule has 0 radical (unpaired) electrons. The van der Waals surface area contributed by atoms with E-state index in [9.17, 15) is 19.5 Å². The van der Waals surface area contributed by atoms with E-state index in [1.807, 2.05) is 21.1 Å². The van der Waals surface area contributed by atoms with Gasteiger partial charge in [0, 0.05) is 12.8 Å². The van der Waals surface area contributed by atoms with Crippen LogP contribution in [0.25, 0.3) is 0 Å². The van der Waals surface area contributed by atoms with Crippen LogP contribution in [0.3, 0.4) is 0 Å². The highest BCUT2D eigenvalue weighted by molar-refractivity contribution is 5.70. The van der Waals surface area contributed by atoms with Crippen molar-refractivity contribution in [2.75, 3.05) is 47.5 Å². The van der Waals surface area contributed by atoms with E-state index in [-0.39, 0.29) is 38.6 Å². The molecule has 2 atom stereocenters. The van der Waals surface area contributed by atoms with Crippen LogP contribution < -0.4 is 5.11 Å². The predicted molar refractivity (Wildman–Crippen MR) is 315 cm³/mol. The maximum absolute atomic E-state index is 12.9. The fourth-order valence-electron chi connectivity index (χ4n) is 8.48. The number of carboxylic acid groups (broad SMARTS) is 1. The Balaban J connectivity index is 4.11. The highest BCUT2D eigenvalue weighted by atomic mass is 16.7. The summed E-state index contributed by atoms with van der Waals surface area (Å²) in [6.07, 6.45) is 72.2. The lowest BCUT2D eigenvalue weighted by atomic mass is 10.0. The molecule has 0 aliphatic heterocycles. The van der Waals surface area contributed by atoms with Gasteiger partial charge in [-0.3, -0.25) is 9.59 Å². The second-order valence-electron chi connectivity index (χ2n) is 21.6. The fraction of sp³-hybridized carbons (Fsp3) is 0.742. The Morgan fingerprint density at radius 2 is 0.720 bits per heavy atom. The van der Waals surface area contributed by atoms with Gasteiger partial charge in [0.1, 0.15) is 13.2 Å². The smallest absolute Gasteiger partial charge is 0.306 e. The molecule has 0 fully saturated rings. The van der Waals surface area contributed by atoms with Crippen molar-refractivity contribution in [3.8, 4) is 0 Å². The summed E-state index contributed by atoms with van der Waals surface area (Å²) in [6, 6.07) is 0. The normalized spacial score (nSPS) is 13.3. The van der Waals surface area contributed by atoms with Crippen molar-refractivity contribution in [2.45, 2.75) is 270 Å². The van der Waals surface area contributed by atoms with Gasteiger partial charge in [0.2, 0.25) is 0 Å². The first-order valence-electron chi connectivity index (χ1n) is 30.7. The van der Waals surface area contributed by atoms with Gasteiger partial charge >= 0.3 is 11.9 Å². The van der Waals surface area contributed by atoms with Gasteiger partial charge in [0.15, 0.2) is 12.4 Å². The van der Waals surface area contributed by atoms with Gasteiger partial charge in [0.05, 0.1) is 40.3 Å². The van der Waals surface area contributed by atoms with Crippen molar-refractivity contribution < 1.29 is 42.9 Å². The Morgan fingerprint density at radius 3 is 1.07 bits per heavy atom. The zero-order valence-corrected chi connectivity index (χ0v) is 49.1. The topological polar surface area (TPSA) is 111 Å². The van der Waals surface area contributed by atoms with Crippen molar-refractivity contribution in [3.05, 3.63) is 85.1 Å². The lowest BCUT2D eigenvalue weighted by Gasteiger charge is -2.26. The van der Waals surface area contributed by atoms with Crippen LogP contribution in [0, 0.1) is 0 Å². The summed E-state index contributed by atoms with van der Waals surface area (Å²) >= 11 is 0.